The molecule has 0 spiro atoms. The van der Waals surface area contributed by atoms with Gasteiger partial charge in [-0.15, -0.1) is 0 Å². The second-order valence-corrected chi connectivity index (χ2v) is 13.8. The zero-order chi connectivity index (χ0) is 32.1. The molecule has 6 aromatic carbocycles. The smallest absolute Gasteiger partial charge is 0.331 e. The summed E-state index contributed by atoms with van der Waals surface area (Å²) >= 11 is 0. The number of rotatable bonds is 4. The Bertz CT molecular complexity index is 2590. The third-order valence-electron chi connectivity index (χ3n) is 10.3. The first kappa shape index (κ1) is 28.2. The molecule has 0 amide bonds. The summed E-state index contributed by atoms with van der Waals surface area (Å²) in [7, 11) is 1.80. The van der Waals surface area contributed by atoms with E-state index in [-0.39, 0.29) is 0 Å². The molecule has 47 heavy (non-hydrogen) atoms. The molecule has 5 heteroatoms. The van der Waals surface area contributed by atoms with Crippen LogP contribution in [-0.2, 0) is 4.65 Å². The number of para-hydroxylation sites is 2. The maximum absolute atomic E-state index is 10.9. The van der Waals surface area contributed by atoms with E-state index >= 15 is 0 Å². The molecular weight excluding hydrogens is 575 g/mol. The molecule has 6 bridgehead atoms. The van der Waals surface area contributed by atoms with Crippen LogP contribution in [0.3, 0.4) is 0 Å². The number of aromatic nitrogens is 2. The van der Waals surface area contributed by atoms with E-state index in [1.54, 1.807) is 21.3 Å². The molecule has 0 aliphatic carbocycles. The average Bonchev–Trinajstić information content (AvgIpc) is 3.58. The summed E-state index contributed by atoms with van der Waals surface area (Å²) < 4.78 is 11.1. The van der Waals surface area contributed by atoms with Crippen molar-refractivity contribution in [1.29, 1.82) is 0 Å². The number of benzene rings is 6. The number of nitrogens with zero attached hydrogens (tertiary/aromatic N) is 2. The fourth-order valence-corrected chi connectivity index (χ4v) is 7.12. The molecule has 1 N–H and O–H groups in total. The van der Waals surface area contributed by atoms with Crippen molar-refractivity contribution in [2.45, 2.75) is 38.9 Å². The molecule has 9 aromatic rings. The molecule has 3 heterocycles. The van der Waals surface area contributed by atoms with Gasteiger partial charge in [-0.1, -0.05) is 84.9 Å². The molecule has 0 aliphatic heterocycles. The third kappa shape index (κ3) is 4.24. The van der Waals surface area contributed by atoms with Crippen LogP contribution >= 0.6 is 0 Å². The zero-order valence-electron chi connectivity index (χ0n) is 27.0. The van der Waals surface area contributed by atoms with Crippen LogP contribution in [0.15, 0.2) is 127 Å². The summed E-state index contributed by atoms with van der Waals surface area (Å²) in [6.07, 6.45) is 0. The standard InChI is InChI=1S/C42H34BN2O2/c1-41(2,46)42(3,4)47-43-28-23-29-25-30(24-28)45-38-16-10-8-14-34(38)36-20-18-27(22-40(36)45)32-12-6-5-11-31(32)26-17-19-35-33-13-7-9-15-37(33)44(29)39(35)21-26/h5-25,46H,1-4H3. The number of hydrogen-bond donors (Lipinski definition) is 1. The van der Waals surface area contributed by atoms with Gasteiger partial charge in [0.1, 0.15) is 0 Å². The summed E-state index contributed by atoms with van der Waals surface area (Å²) in [5.41, 5.74) is 5.72. The lowest BCUT2D eigenvalue weighted by Crippen LogP contribution is -2.49. The molecule has 1 radical (unpaired) electrons. The Morgan fingerprint density at radius 3 is 1.38 bits per heavy atom. The Morgan fingerprint density at radius 2 is 0.915 bits per heavy atom. The maximum atomic E-state index is 10.9. The quantitative estimate of drug-likeness (QED) is 0.202. The molecule has 0 saturated heterocycles. The fourth-order valence-electron chi connectivity index (χ4n) is 7.12. The van der Waals surface area contributed by atoms with Gasteiger partial charge in [-0.2, -0.15) is 0 Å². The van der Waals surface area contributed by atoms with Crippen molar-refractivity contribution >= 4 is 89.1 Å². The molecule has 0 fully saturated rings. The molecule has 3 aromatic heterocycles. The van der Waals surface area contributed by atoms with E-state index in [1.165, 1.54) is 43.1 Å². The van der Waals surface area contributed by atoms with Crippen molar-refractivity contribution in [3.63, 3.8) is 0 Å². The summed E-state index contributed by atoms with van der Waals surface area (Å²) in [4.78, 5) is 0. The van der Waals surface area contributed by atoms with E-state index in [0.717, 1.165) is 38.6 Å². The largest absolute Gasteiger partial charge is 0.427 e. The van der Waals surface area contributed by atoms with E-state index in [4.69, 9.17) is 4.65 Å². The third-order valence-corrected chi connectivity index (χ3v) is 10.3. The monoisotopic (exact) mass is 609 g/mol. The van der Waals surface area contributed by atoms with Crippen molar-refractivity contribution in [3.8, 4) is 0 Å². The van der Waals surface area contributed by atoms with E-state index in [1.807, 2.05) is 13.8 Å². The summed E-state index contributed by atoms with van der Waals surface area (Å²) in [6, 6.07) is 46.4. The van der Waals surface area contributed by atoms with E-state index < -0.39 is 11.2 Å². The molecule has 227 valence electrons. The van der Waals surface area contributed by atoms with Crippen molar-refractivity contribution in [3.05, 3.63) is 127 Å². The van der Waals surface area contributed by atoms with Gasteiger partial charge >= 0.3 is 7.48 Å². The Hall–Kier alpha value is -5.10. The lowest BCUT2D eigenvalue weighted by molar-refractivity contribution is -0.0893. The van der Waals surface area contributed by atoms with Crippen LogP contribution in [0.25, 0.3) is 76.2 Å². The first-order chi connectivity index (χ1) is 22.7. The van der Waals surface area contributed by atoms with Crippen LogP contribution in [0.1, 0.15) is 27.7 Å². The van der Waals surface area contributed by atoms with Crippen LogP contribution in [0, 0.1) is 0 Å². The van der Waals surface area contributed by atoms with Crippen molar-refractivity contribution in [2.24, 2.45) is 0 Å². The molecular formula is C42H34BN2O2. The molecule has 0 atom stereocenters. The van der Waals surface area contributed by atoms with Crippen molar-refractivity contribution < 1.29 is 9.76 Å². The van der Waals surface area contributed by atoms with Crippen molar-refractivity contribution in [2.75, 3.05) is 0 Å². The Labute approximate surface area is 273 Å². The van der Waals surface area contributed by atoms with Gasteiger partial charge in [-0.3, -0.25) is 0 Å². The van der Waals surface area contributed by atoms with Gasteiger partial charge in [-0.05, 0) is 97.2 Å². The van der Waals surface area contributed by atoms with Gasteiger partial charge in [0.2, 0.25) is 0 Å². The normalized spacial score (nSPS) is 12.9. The van der Waals surface area contributed by atoms with Crippen LogP contribution < -0.4 is 5.46 Å². The second kappa shape index (κ2) is 9.95. The first-order valence-corrected chi connectivity index (χ1v) is 16.2. The summed E-state index contributed by atoms with van der Waals surface area (Å²) in [5.74, 6) is 0. The second-order valence-electron chi connectivity index (χ2n) is 13.8. The van der Waals surface area contributed by atoms with E-state index in [0.29, 0.717) is 0 Å². The minimum atomic E-state index is -1.04. The van der Waals surface area contributed by atoms with Crippen LogP contribution in [0.5, 0.6) is 0 Å². The van der Waals surface area contributed by atoms with Gasteiger partial charge in [0, 0.05) is 32.6 Å². The fraction of sp³-hybridized carbons (Fsp3) is 0.143. The minimum Gasteiger partial charge on any atom is -0.427 e. The predicted molar refractivity (Wildman–Crippen MR) is 199 cm³/mol. The highest BCUT2D eigenvalue weighted by molar-refractivity contribution is 6.47. The Kier molecular flexibility index (Phi) is 5.96. The Balaban J connectivity index is 1.55. The maximum Gasteiger partial charge on any atom is 0.331 e. The van der Waals surface area contributed by atoms with Crippen LogP contribution in [0.4, 0.5) is 0 Å². The number of aliphatic hydroxyl groups is 1. The van der Waals surface area contributed by atoms with E-state index in [9.17, 15) is 5.11 Å². The summed E-state index contributed by atoms with van der Waals surface area (Å²) in [5, 5.41) is 20.5. The number of fused-ring (bicyclic) bond motifs is 15. The molecule has 0 saturated carbocycles. The van der Waals surface area contributed by atoms with Gasteiger partial charge in [0.05, 0.1) is 33.3 Å². The number of hydrogen-bond acceptors (Lipinski definition) is 2. The lowest BCUT2D eigenvalue weighted by Gasteiger charge is -2.37. The minimum absolute atomic E-state index is 0.808. The highest BCUT2D eigenvalue weighted by Gasteiger charge is 2.35. The zero-order valence-corrected chi connectivity index (χ0v) is 27.0. The highest BCUT2D eigenvalue weighted by Crippen LogP contribution is 2.35. The predicted octanol–water partition coefficient (Wildman–Crippen LogP) is 9.48. The van der Waals surface area contributed by atoms with Crippen LogP contribution in [0.2, 0.25) is 0 Å². The lowest BCUT2D eigenvalue weighted by atomic mass is 9.82. The molecule has 4 nitrogen and oxygen atoms in total. The molecule has 0 aliphatic rings. The van der Waals surface area contributed by atoms with Gasteiger partial charge in [-0.25, -0.2) is 0 Å². The van der Waals surface area contributed by atoms with Gasteiger partial charge < -0.3 is 18.6 Å². The van der Waals surface area contributed by atoms with Gasteiger partial charge in [0.15, 0.2) is 0 Å². The van der Waals surface area contributed by atoms with Gasteiger partial charge in [0.25, 0.3) is 0 Å². The van der Waals surface area contributed by atoms with Crippen molar-refractivity contribution in [1.82, 2.24) is 8.80 Å². The Morgan fingerprint density at radius 1 is 0.489 bits per heavy atom. The molecule has 9 rings (SSSR count). The topological polar surface area (TPSA) is 38.3 Å². The molecule has 0 unspecified atom stereocenters. The van der Waals surface area contributed by atoms with E-state index in [2.05, 4.69) is 136 Å². The summed E-state index contributed by atoms with van der Waals surface area (Å²) in [6.45, 7) is 7.41. The first-order valence-electron chi connectivity index (χ1n) is 16.2. The average molecular weight is 610 g/mol. The van der Waals surface area contributed by atoms with Crippen LogP contribution in [-0.4, -0.2) is 32.6 Å². The highest BCUT2D eigenvalue weighted by atomic mass is 16.5. The SMILES string of the molecule is CC(C)(O)C(C)(C)O[B]c1cc2cc(c1)n1c3ccccc3c3ccc(cc31)c1ccccc1c1ccc3c4ccccc4n2c3c1.